The molecule has 1 aliphatic carbocycles. The van der Waals surface area contributed by atoms with Gasteiger partial charge in [0.05, 0.1) is 10.9 Å². The van der Waals surface area contributed by atoms with Gasteiger partial charge in [0.2, 0.25) is 0 Å². The second-order valence-corrected chi connectivity index (χ2v) is 9.14. The topological polar surface area (TPSA) is 34.9 Å². The highest BCUT2D eigenvalue weighted by Crippen LogP contribution is 2.39. The Morgan fingerprint density at radius 2 is 1.82 bits per heavy atom. The molecular formula is C24H28N2OS. The standard InChI is InChI=1S/C24H28N2OS/c1-16-11-13-19(14-12-16)15-28-24-25-21-9-5-4-8-20(21)23(27)26(24)22-10-6-7-17(2)18(22)3/h4-5,8-9,11-14,17-18,22H,6-7,10,15H2,1-3H3/t17-,18+,22-/m1/s1. The van der Waals surface area contributed by atoms with Gasteiger partial charge in [0.1, 0.15) is 0 Å². The molecule has 0 saturated heterocycles. The first kappa shape index (κ1) is 19.3. The molecule has 0 radical (unpaired) electrons. The highest BCUT2D eigenvalue weighted by Gasteiger charge is 2.31. The summed E-state index contributed by atoms with van der Waals surface area (Å²) in [6, 6.07) is 16.6. The van der Waals surface area contributed by atoms with Crippen LogP contribution in [0.2, 0.25) is 0 Å². The Hall–Kier alpha value is -2.07. The van der Waals surface area contributed by atoms with Crippen molar-refractivity contribution in [2.45, 2.75) is 57.0 Å². The molecular weight excluding hydrogens is 364 g/mol. The fourth-order valence-electron chi connectivity index (χ4n) is 4.27. The Morgan fingerprint density at radius 3 is 2.61 bits per heavy atom. The second kappa shape index (κ2) is 8.12. The van der Waals surface area contributed by atoms with E-state index in [1.165, 1.54) is 24.0 Å². The Bertz CT molecular complexity index is 1020. The Labute approximate surface area is 171 Å². The number of hydrogen-bond acceptors (Lipinski definition) is 3. The Morgan fingerprint density at radius 1 is 1.07 bits per heavy atom. The van der Waals surface area contributed by atoms with Crippen LogP contribution in [0.25, 0.3) is 10.9 Å². The molecule has 0 aliphatic heterocycles. The monoisotopic (exact) mass is 392 g/mol. The number of thioether (sulfide) groups is 1. The summed E-state index contributed by atoms with van der Waals surface area (Å²) in [5.74, 6) is 1.93. The number of benzene rings is 2. The molecule has 4 heteroatoms. The fourth-order valence-corrected chi connectivity index (χ4v) is 5.28. The van der Waals surface area contributed by atoms with Gasteiger partial charge in [-0.1, -0.05) is 80.4 Å². The molecule has 28 heavy (non-hydrogen) atoms. The van der Waals surface area contributed by atoms with Crippen LogP contribution in [0, 0.1) is 18.8 Å². The molecule has 1 fully saturated rings. The van der Waals surface area contributed by atoms with Crippen LogP contribution in [0.15, 0.2) is 58.5 Å². The first-order valence-corrected chi connectivity index (χ1v) is 11.2. The average molecular weight is 393 g/mol. The van der Waals surface area contributed by atoms with Gasteiger partial charge in [-0.25, -0.2) is 4.98 Å². The first-order chi connectivity index (χ1) is 13.5. The van der Waals surface area contributed by atoms with Gasteiger partial charge in [0, 0.05) is 11.8 Å². The summed E-state index contributed by atoms with van der Waals surface area (Å²) in [7, 11) is 0. The van der Waals surface area contributed by atoms with Gasteiger partial charge in [-0.15, -0.1) is 0 Å². The number of rotatable bonds is 4. The smallest absolute Gasteiger partial charge is 0.262 e. The van der Waals surface area contributed by atoms with Crippen LogP contribution in [0.3, 0.4) is 0 Å². The summed E-state index contributed by atoms with van der Waals surface area (Å²) >= 11 is 1.68. The van der Waals surface area contributed by atoms with E-state index in [1.807, 2.05) is 28.8 Å². The molecule has 1 heterocycles. The number of aromatic nitrogens is 2. The van der Waals surface area contributed by atoms with E-state index in [0.717, 1.165) is 28.2 Å². The molecule has 3 aromatic rings. The Balaban J connectivity index is 1.76. The molecule has 4 rings (SSSR count). The molecule has 1 aromatic heterocycles. The van der Waals surface area contributed by atoms with Crippen molar-refractivity contribution in [1.29, 1.82) is 0 Å². The van der Waals surface area contributed by atoms with Crippen LogP contribution in [0.1, 0.15) is 50.3 Å². The molecule has 0 unspecified atom stereocenters. The van der Waals surface area contributed by atoms with Crippen LogP contribution in [0.5, 0.6) is 0 Å². The van der Waals surface area contributed by atoms with E-state index in [2.05, 4.69) is 45.0 Å². The van der Waals surface area contributed by atoms with E-state index >= 15 is 0 Å². The fraction of sp³-hybridized carbons (Fsp3) is 0.417. The van der Waals surface area contributed by atoms with Crippen LogP contribution in [-0.2, 0) is 5.75 Å². The van der Waals surface area contributed by atoms with E-state index in [4.69, 9.17) is 4.98 Å². The largest absolute Gasteiger partial charge is 0.284 e. The van der Waals surface area contributed by atoms with Gasteiger partial charge in [-0.05, 0) is 42.9 Å². The van der Waals surface area contributed by atoms with Gasteiger partial charge >= 0.3 is 0 Å². The predicted molar refractivity (Wildman–Crippen MR) is 118 cm³/mol. The van der Waals surface area contributed by atoms with E-state index in [1.54, 1.807) is 11.8 Å². The molecule has 3 atom stereocenters. The Kier molecular flexibility index (Phi) is 5.58. The third-order valence-corrected chi connectivity index (χ3v) is 7.28. The van der Waals surface area contributed by atoms with Crippen molar-refractivity contribution in [3.63, 3.8) is 0 Å². The minimum atomic E-state index is 0.114. The number of para-hydroxylation sites is 1. The lowest BCUT2D eigenvalue weighted by atomic mass is 9.78. The molecule has 2 aromatic carbocycles. The van der Waals surface area contributed by atoms with E-state index in [0.29, 0.717) is 11.8 Å². The maximum absolute atomic E-state index is 13.5. The van der Waals surface area contributed by atoms with Crippen molar-refractivity contribution in [2.24, 2.45) is 11.8 Å². The highest BCUT2D eigenvalue weighted by atomic mass is 32.2. The van der Waals surface area contributed by atoms with Crippen molar-refractivity contribution < 1.29 is 0 Å². The van der Waals surface area contributed by atoms with E-state index in [9.17, 15) is 4.79 Å². The summed E-state index contributed by atoms with van der Waals surface area (Å²) in [6.07, 6.45) is 3.49. The van der Waals surface area contributed by atoms with E-state index in [-0.39, 0.29) is 11.6 Å². The summed E-state index contributed by atoms with van der Waals surface area (Å²) in [6.45, 7) is 6.71. The van der Waals surface area contributed by atoms with Crippen LogP contribution in [0.4, 0.5) is 0 Å². The predicted octanol–water partition coefficient (Wildman–Crippen LogP) is 5.99. The van der Waals surface area contributed by atoms with Gasteiger partial charge in [0.25, 0.3) is 5.56 Å². The molecule has 0 N–H and O–H groups in total. The number of aryl methyl sites for hydroxylation is 1. The van der Waals surface area contributed by atoms with Gasteiger partial charge < -0.3 is 0 Å². The molecule has 3 nitrogen and oxygen atoms in total. The highest BCUT2D eigenvalue weighted by molar-refractivity contribution is 7.98. The van der Waals surface area contributed by atoms with Crippen molar-refractivity contribution in [3.8, 4) is 0 Å². The first-order valence-electron chi connectivity index (χ1n) is 10.2. The van der Waals surface area contributed by atoms with Crippen LogP contribution < -0.4 is 5.56 Å². The summed E-state index contributed by atoms with van der Waals surface area (Å²) in [5, 5.41) is 1.59. The zero-order valence-corrected chi connectivity index (χ0v) is 17.7. The molecule has 1 aliphatic rings. The van der Waals surface area contributed by atoms with Crippen molar-refractivity contribution in [1.82, 2.24) is 9.55 Å². The maximum atomic E-state index is 13.5. The number of fused-ring (bicyclic) bond motifs is 1. The lowest BCUT2D eigenvalue weighted by molar-refractivity contribution is 0.173. The lowest BCUT2D eigenvalue weighted by Crippen LogP contribution is -2.35. The van der Waals surface area contributed by atoms with Crippen LogP contribution >= 0.6 is 11.8 Å². The zero-order chi connectivity index (χ0) is 19.7. The third kappa shape index (κ3) is 3.75. The second-order valence-electron chi connectivity index (χ2n) is 8.20. The van der Waals surface area contributed by atoms with Gasteiger partial charge in [-0.2, -0.15) is 0 Å². The molecule has 0 spiro atoms. The third-order valence-electron chi connectivity index (χ3n) is 6.26. The quantitative estimate of drug-likeness (QED) is 0.404. The van der Waals surface area contributed by atoms with Gasteiger partial charge in [0.15, 0.2) is 5.16 Å². The maximum Gasteiger partial charge on any atom is 0.262 e. The van der Waals surface area contributed by atoms with E-state index < -0.39 is 0 Å². The normalized spacial score (nSPS) is 22.5. The minimum Gasteiger partial charge on any atom is -0.284 e. The van der Waals surface area contributed by atoms with Crippen molar-refractivity contribution in [2.75, 3.05) is 0 Å². The van der Waals surface area contributed by atoms with Crippen molar-refractivity contribution in [3.05, 3.63) is 70.0 Å². The molecule has 0 amide bonds. The zero-order valence-electron chi connectivity index (χ0n) is 16.9. The van der Waals surface area contributed by atoms with Gasteiger partial charge in [-0.3, -0.25) is 9.36 Å². The molecule has 146 valence electrons. The molecule has 1 saturated carbocycles. The summed E-state index contributed by atoms with van der Waals surface area (Å²) < 4.78 is 2.02. The number of nitrogens with zero attached hydrogens (tertiary/aromatic N) is 2. The van der Waals surface area contributed by atoms with Crippen molar-refractivity contribution >= 4 is 22.7 Å². The SMILES string of the molecule is Cc1ccc(CSc2nc3ccccc3c(=O)n2[C@@H]2CCC[C@@H](C)[C@@H]2C)cc1. The van der Waals surface area contributed by atoms with Crippen LogP contribution in [-0.4, -0.2) is 9.55 Å². The summed E-state index contributed by atoms with van der Waals surface area (Å²) in [5.41, 5.74) is 3.43. The summed E-state index contributed by atoms with van der Waals surface area (Å²) in [4.78, 5) is 18.4. The average Bonchev–Trinajstić information content (AvgIpc) is 2.70. The minimum absolute atomic E-state index is 0.114. The number of hydrogen-bond donors (Lipinski definition) is 0. The lowest BCUT2D eigenvalue weighted by Gasteiger charge is -2.36. The molecule has 0 bridgehead atoms.